The number of thiazole rings is 1. The number of hydrogen-bond acceptors (Lipinski definition) is 5. The minimum absolute atomic E-state index is 0.0561. The van der Waals surface area contributed by atoms with E-state index in [1.807, 2.05) is 12.5 Å². The van der Waals surface area contributed by atoms with Crippen molar-refractivity contribution in [1.29, 1.82) is 0 Å². The van der Waals surface area contributed by atoms with Gasteiger partial charge in [-0.25, -0.2) is 9.97 Å². The lowest BCUT2D eigenvalue weighted by molar-refractivity contribution is -0.129. The van der Waals surface area contributed by atoms with E-state index in [0.717, 1.165) is 35.8 Å². The van der Waals surface area contributed by atoms with Gasteiger partial charge in [0, 0.05) is 11.6 Å². The van der Waals surface area contributed by atoms with Crippen LogP contribution < -0.4 is 5.32 Å². The van der Waals surface area contributed by atoms with Crippen LogP contribution >= 0.6 is 11.3 Å². The summed E-state index contributed by atoms with van der Waals surface area (Å²) in [6.07, 6.45) is 10.5. The van der Waals surface area contributed by atoms with E-state index in [-0.39, 0.29) is 17.6 Å². The van der Waals surface area contributed by atoms with E-state index in [2.05, 4.69) is 63.4 Å². The zero-order valence-corrected chi connectivity index (χ0v) is 20.5. The third kappa shape index (κ3) is 3.02. The molecule has 4 fully saturated rings. The minimum atomic E-state index is -0.287. The van der Waals surface area contributed by atoms with Gasteiger partial charge < -0.3 is 15.0 Å². The van der Waals surface area contributed by atoms with Crippen LogP contribution in [0, 0.1) is 23.2 Å². The van der Waals surface area contributed by atoms with Gasteiger partial charge in [-0.15, -0.1) is 0 Å². The van der Waals surface area contributed by atoms with Crippen molar-refractivity contribution in [1.82, 2.24) is 14.5 Å². The SMILES string of the molecule is O[C@@H](C[C@@H]1c2ccccc2-c2cncn21)C12CC3CC(C1)C(Nc1nc4ccccc4s1)C(C3)C2. The van der Waals surface area contributed by atoms with Gasteiger partial charge in [-0.1, -0.05) is 47.7 Å². The molecule has 1 aliphatic heterocycles. The highest BCUT2D eigenvalue weighted by Gasteiger charge is 2.58. The average Bonchev–Trinajstić information content (AvgIpc) is 3.56. The van der Waals surface area contributed by atoms with Gasteiger partial charge in [-0.05, 0) is 79.4 Å². The number of rotatable bonds is 5. The minimum Gasteiger partial charge on any atom is -0.392 e. The highest BCUT2D eigenvalue weighted by molar-refractivity contribution is 7.22. The highest BCUT2D eigenvalue weighted by Crippen LogP contribution is 2.63. The summed E-state index contributed by atoms with van der Waals surface area (Å²) in [5, 5.41) is 16.8. The molecule has 178 valence electrons. The molecule has 2 N–H and O–H groups in total. The molecule has 5 nitrogen and oxygen atoms in total. The van der Waals surface area contributed by atoms with E-state index < -0.39 is 0 Å². The molecule has 4 atom stereocenters. The Hall–Kier alpha value is -2.70. The first kappa shape index (κ1) is 20.5. The number of nitrogens with one attached hydrogen (secondary N) is 1. The fourth-order valence-electron chi connectivity index (χ4n) is 8.44. The summed E-state index contributed by atoms with van der Waals surface area (Å²) < 4.78 is 3.53. The summed E-state index contributed by atoms with van der Waals surface area (Å²) >= 11 is 1.78. The first-order valence-electron chi connectivity index (χ1n) is 13.1. The van der Waals surface area contributed by atoms with Crippen LogP contribution in [0.1, 0.15) is 50.1 Å². The van der Waals surface area contributed by atoms with Crippen LogP contribution in [0.4, 0.5) is 5.13 Å². The topological polar surface area (TPSA) is 63.0 Å². The number of benzene rings is 2. The molecule has 4 saturated carbocycles. The first-order chi connectivity index (χ1) is 17.2. The molecular weight excluding hydrogens is 452 g/mol. The molecule has 35 heavy (non-hydrogen) atoms. The van der Waals surface area contributed by atoms with Crippen molar-refractivity contribution >= 4 is 26.7 Å². The smallest absolute Gasteiger partial charge is 0.184 e. The number of imidazole rings is 1. The molecule has 3 heterocycles. The third-order valence-corrected chi connectivity index (χ3v) is 10.6. The van der Waals surface area contributed by atoms with E-state index in [1.54, 1.807) is 11.3 Å². The van der Waals surface area contributed by atoms with Crippen LogP contribution in [0.15, 0.2) is 61.1 Å². The predicted octanol–water partition coefficient (Wildman–Crippen LogP) is 6.12. The zero-order valence-electron chi connectivity index (χ0n) is 19.7. The molecule has 0 spiro atoms. The maximum atomic E-state index is 11.9. The molecule has 9 rings (SSSR count). The summed E-state index contributed by atoms with van der Waals surface area (Å²) in [5.74, 6) is 2.01. The lowest BCUT2D eigenvalue weighted by Crippen LogP contribution is -2.59. The second-order valence-electron chi connectivity index (χ2n) is 11.5. The maximum Gasteiger partial charge on any atom is 0.184 e. The van der Waals surface area contributed by atoms with Gasteiger partial charge >= 0.3 is 0 Å². The number of aromatic nitrogens is 3. The van der Waals surface area contributed by atoms with Crippen molar-refractivity contribution in [2.75, 3.05) is 5.32 Å². The third-order valence-electron chi connectivity index (χ3n) is 9.66. The van der Waals surface area contributed by atoms with Crippen LogP contribution in [0.5, 0.6) is 0 Å². The molecule has 0 radical (unpaired) electrons. The van der Waals surface area contributed by atoms with E-state index in [9.17, 15) is 5.11 Å². The lowest BCUT2D eigenvalue weighted by Gasteiger charge is -2.61. The quantitative estimate of drug-likeness (QED) is 0.360. The summed E-state index contributed by atoms with van der Waals surface area (Å²) in [6.45, 7) is 0. The van der Waals surface area contributed by atoms with Crippen molar-refractivity contribution in [2.24, 2.45) is 23.2 Å². The number of aliphatic hydroxyl groups excluding tert-OH is 1. The van der Waals surface area contributed by atoms with Crippen LogP contribution in [0.25, 0.3) is 21.5 Å². The Morgan fingerprint density at radius 3 is 2.71 bits per heavy atom. The molecule has 5 aliphatic rings. The number of aliphatic hydroxyl groups is 1. The fraction of sp³-hybridized carbons (Fsp3) is 0.448. The summed E-state index contributed by atoms with van der Waals surface area (Å²) in [6, 6.07) is 17.7. The second kappa shape index (κ2) is 7.40. The van der Waals surface area contributed by atoms with E-state index in [1.165, 1.54) is 40.8 Å². The Labute approximate surface area is 209 Å². The molecule has 2 aromatic heterocycles. The number of anilines is 1. The number of nitrogens with zero attached hydrogens (tertiary/aromatic N) is 3. The Morgan fingerprint density at radius 2 is 1.86 bits per heavy atom. The number of para-hydroxylation sites is 1. The Morgan fingerprint density at radius 1 is 1.06 bits per heavy atom. The molecular formula is C29H30N4OS. The van der Waals surface area contributed by atoms with E-state index in [4.69, 9.17) is 4.98 Å². The molecule has 4 aliphatic carbocycles. The van der Waals surface area contributed by atoms with Crippen molar-refractivity contribution in [2.45, 2.75) is 56.7 Å². The summed E-state index contributed by atoms with van der Waals surface area (Å²) in [5.41, 5.74) is 4.94. The molecule has 2 unspecified atom stereocenters. The fourth-order valence-corrected chi connectivity index (χ4v) is 9.35. The Bertz CT molecular complexity index is 1380. The van der Waals surface area contributed by atoms with Gasteiger partial charge in [0.2, 0.25) is 0 Å². The lowest BCUT2D eigenvalue weighted by atomic mass is 9.46. The molecule has 0 amide bonds. The van der Waals surface area contributed by atoms with Crippen molar-refractivity contribution in [3.8, 4) is 11.3 Å². The predicted molar refractivity (Wildman–Crippen MR) is 139 cm³/mol. The van der Waals surface area contributed by atoms with Crippen molar-refractivity contribution < 1.29 is 5.11 Å². The zero-order chi connectivity index (χ0) is 23.1. The maximum absolute atomic E-state index is 11.9. The largest absolute Gasteiger partial charge is 0.392 e. The van der Waals surface area contributed by atoms with Crippen LogP contribution in [0.3, 0.4) is 0 Å². The molecule has 4 aromatic rings. The molecule has 4 bridgehead atoms. The van der Waals surface area contributed by atoms with Crippen LogP contribution in [-0.2, 0) is 0 Å². The standard InChI is InChI=1S/C29H30N4OS/c34-26(11-23-20-5-1-2-6-21(20)24-15-30-16-33(23)24)29-12-17-9-18(13-29)27(19(10-17)14-29)32-28-31-22-7-3-4-8-25(22)35-28/h1-8,15-19,23,26-27,34H,9-14H2,(H,31,32)/t17?,18?,19?,23-,26+,27?,29?/m1/s1. The van der Waals surface area contributed by atoms with Crippen LogP contribution in [-0.4, -0.2) is 31.8 Å². The monoisotopic (exact) mass is 482 g/mol. The van der Waals surface area contributed by atoms with Gasteiger partial charge in [-0.2, -0.15) is 0 Å². The van der Waals surface area contributed by atoms with E-state index >= 15 is 0 Å². The molecule has 6 heteroatoms. The van der Waals surface area contributed by atoms with Gasteiger partial charge in [0.1, 0.15) is 0 Å². The van der Waals surface area contributed by atoms with Crippen molar-refractivity contribution in [3.63, 3.8) is 0 Å². The average molecular weight is 483 g/mol. The second-order valence-corrected chi connectivity index (χ2v) is 12.6. The summed E-state index contributed by atoms with van der Waals surface area (Å²) in [4.78, 5) is 9.30. The Balaban J connectivity index is 1.05. The van der Waals surface area contributed by atoms with Gasteiger partial charge in [0.25, 0.3) is 0 Å². The highest BCUT2D eigenvalue weighted by atomic mass is 32.1. The van der Waals surface area contributed by atoms with Gasteiger partial charge in [0.15, 0.2) is 5.13 Å². The summed E-state index contributed by atoms with van der Waals surface area (Å²) in [7, 11) is 0. The Kier molecular flexibility index (Phi) is 4.33. The number of fused-ring (bicyclic) bond motifs is 4. The van der Waals surface area contributed by atoms with Gasteiger partial charge in [-0.3, -0.25) is 0 Å². The van der Waals surface area contributed by atoms with Crippen molar-refractivity contribution in [3.05, 3.63) is 66.6 Å². The molecule has 0 saturated heterocycles. The molecule has 2 aromatic carbocycles. The first-order valence-corrected chi connectivity index (χ1v) is 13.9. The van der Waals surface area contributed by atoms with Gasteiger partial charge in [0.05, 0.1) is 40.6 Å². The normalized spacial score (nSPS) is 33.1. The van der Waals surface area contributed by atoms with Crippen LogP contribution in [0.2, 0.25) is 0 Å². The number of hydrogen-bond donors (Lipinski definition) is 2. The van der Waals surface area contributed by atoms with E-state index in [0.29, 0.717) is 17.9 Å².